The molecule has 3 rings (SSSR count). The molecule has 1 aliphatic heterocycles. The van der Waals surface area contributed by atoms with Crippen LogP contribution in [0.25, 0.3) is 0 Å². The van der Waals surface area contributed by atoms with Gasteiger partial charge in [0.1, 0.15) is 5.82 Å². The number of hydrogen-bond donors (Lipinski definition) is 2. The summed E-state index contributed by atoms with van der Waals surface area (Å²) >= 11 is 0. The van der Waals surface area contributed by atoms with Crippen LogP contribution in [0.15, 0.2) is 48.7 Å². The number of carbonyl (C=O) groups excluding carboxylic acids is 2. The molecule has 1 aliphatic rings. The molecular formula is C21H27N5O2. The first-order chi connectivity index (χ1) is 13.6. The van der Waals surface area contributed by atoms with E-state index < -0.39 is 0 Å². The van der Waals surface area contributed by atoms with Crippen LogP contribution >= 0.6 is 0 Å². The Kier molecular flexibility index (Phi) is 6.84. The van der Waals surface area contributed by atoms with E-state index in [9.17, 15) is 9.59 Å². The highest BCUT2D eigenvalue weighted by molar-refractivity contribution is 5.74. The molecule has 2 heterocycles. The van der Waals surface area contributed by atoms with Crippen LogP contribution in [0.2, 0.25) is 0 Å². The third-order valence-electron chi connectivity index (χ3n) is 4.87. The fourth-order valence-corrected chi connectivity index (χ4v) is 3.29. The number of aromatic nitrogens is 1. The Hall–Kier alpha value is -3.09. The molecule has 7 nitrogen and oxygen atoms in total. The number of benzene rings is 1. The molecule has 1 saturated heterocycles. The number of amides is 3. The van der Waals surface area contributed by atoms with Gasteiger partial charge in [0.05, 0.1) is 0 Å². The number of hydrogen-bond acceptors (Lipinski definition) is 4. The van der Waals surface area contributed by atoms with E-state index in [2.05, 4.69) is 20.5 Å². The van der Waals surface area contributed by atoms with Gasteiger partial charge in [0.15, 0.2) is 0 Å². The van der Waals surface area contributed by atoms with Crippen LogP contribution in [0.1, 0.15) is 18.1 Å². The van der Waals surface area contributed by atoms with Crippen LogP contribution in [0.4, 0.5) is 10.6 Å². The molecule has 0 spiro atoms. The molecule has 0 radical (unpaired) electrons. The number of piperazine rings is 1. The predicted molar refractivity (Wildman–Crippen MR) is 109 cm³/mol. The monoisotopic (exact) mass is 381 g/mol. The maximum atomic E-state index is 12.1. The lowest BCUT2D eigenvalue weighted by atomic mass is 10.1. The van der Waals surface area contributed by atoms with Crippen molar-refractivity contribution in [3.8, 4) is 0 Å². The van der Waals surface area contributed by atoms with E-state index in [1.807, 2.05) is 47.4 Å². The number of nitrogens with zero attached hydrogens (tertiary/aromatic N) is 3. The normalized spacial score (nSPS) is 13.9. The van der Waals surface area contributed by atoms with Crippen molar-refractivity contribution in [3.05, 3.63) is 59.8 Å². The van der Waals surface area contributed by atoms with Gasteiger partial charge in [0, 0.05) is 58.0 Å². The number of pyridine rings is 1. The Morgan fingerprint density at radius 2 is 1.75 bits per heavy atom. The fraction of sp³-hybridized carbons (Fsp3) is 0.381. The number of nitrogens with one attached hydrogen (secondary N) is 2. The van der Waals surface area contributed by atoms with Crippen molar-refractivity contribution in [2.45, 2.75) is 19.9 Å². The SMILES string of the molecule is CC(=O)N1CCN(c2ncccc2CNC(=O)NCCc2ccccc2)CC1. The molecule has 3 amide bonds. The molecule has 1 fully saturated rings. The summed E-state index contributed by atoms with van der Waals surface area (Å²) in [6.45, 7) is 5.47. The van der Waals surface area contributed by atoms with Crippen molar-refractivity contribution in [1.29, 1.82) is 0 Å². The minimum atomic E-state index is -0.188. The standard InChI is InChI=1S/C21H27N5O2/c1-17(27)25-12-14-26(15-13-25)20-19(8-5-10-22-20)16-24-21(28)23-11-9-18-6-3-2-4-7-18/h2-8,10H,9,11-16H2,1H3,(H2,23,24,28). The molecular weight excluding hydrogens is 354 g/mol. The van der Waals surface area contributed by atoms with Gasteiger partial charge >= 0.3 is 6.03 Å². The Bertz CT molecular complexity index is 788. The zero-order valence-electron chi connectivity index (χ0n) is 16.2. The molecule has 1 aromatic heterocycles. The van der Waals surface area contributed by atoms with Gasteiger partial charge in [-0.05, 0) is 18.1 Å². The summed E-state index contributed by atoms with van der Waals surface area (Å²) in [4.78, 5) is 32.1. The van der Waals surface area contributed by atoms with Crippen LogP contribution < -0.4 is 15.5 Å². The number of anilines is 1. The molecule has 2 aromatic rings. The quantitative estimate of drug-likeness (QED) is 0.800. The average molecular weight is 381 g/mol. The first-order valence-corrected chi connectivity index (χ1v) is 9.63. The number of carbonyl (C=O) groups is 2. The van der Waals surface area contributed by atoms with E-state index in [4.69, 9.17) is 0 Å². The summed E-state index contributed by atoms with van der Waals surface area (Å²) in [5.41, 5.74) is 2.17. The largest absolute Gasteiger partial charge is 0.353 e. The molecule has 1 aromatic carbocycles. The van der Waals surface area contributed by atoms with Crippen molar-refractivity contribution in [2.24, 2.45) is 0 Å². The zero-order chi connectivity index (χ0) is 19.8. The Labute approximate surface area is 165 Å². The van der Waals surface area contributed by atoms with E-state index in [-0.39, 0.29) is 11.9 Å². The van der Waals surface area contributed by atoms with Gasteiger partial charge in [0.25, 0.3) is 0 Å². The predicted octanol–water partition coefficient (Wildman–Crippen LogP) is 1.79. The van der Waals surface area contributed by atoms with E-state index in [0.29, 0.717) is 26.2 Å². The Balaban J connectivity index is 1.48. The highest BCUT2D eigenvalue weighted by Crippen LogP contribution is 2.19. The third kappa shape index (κ3) is 5.45. The van der Waals surface area contributed by atoms with Gasteiger partial charge in [-0.2, -0.15) is 0 Å². The van der Waals surface area contributed by atoms with Gasteiger partial charge in [0.2, 0.25) is 5.91 Å². The average Bonchev–Trinajstić information content (AvgIpc) is 2.73. The lowest BCUT2D eigenvalue weighted by Gasteiger charge is -2.35. The topological polar surface area (TPSA) is 77.6 Å². The minimum absolute atomic E-state index is 0.106. The summed E-state index contributed by atoms with van der Waals surface area (Å²) in [6, 6.07) is 13.7. The summed E-state index contributed by atoms with van der Waals surface area (Å²) < 4.78 is 0. The van der Waals surface area contributed by atoms with Crippen molar-refractivity contribution in [2.75, 3.05) is 37.6 Å². The van der Waals surface area contributed by atoms with E-state index in [1.165, 1.54) is 5.56 Å². The maximum absolute atomic E-state index is 12.1. The van der Waals surface area contributed by atoms with Crippen molar-refractivity contribution in [1.82, 2.24) is 20.5 Å². The molecule has 148 valence electrons. The van der Waals surface area contributed by atoms with Gasteiger partial charge in [-0.3, -0.25) is 4.79 Å². The Morgan fingerprint density at radius 1 is 1.00 bits per heavy atom. The Morgan fingerprint density at radius 3 is 2.46 bits per heavy atom. The number of urea groups is 1. The minimum Gasteiger partial charge on any atom is -0.353 e. The lowest BCUT2D eigenvalue weighted by Crippen LogP contribution is -2.48. The summed E-state index contributed by atoms with van der Waals surface area (Å²) in [7, 11) is 0. The summed E-state index contributed by atoms with van der Waals surface area (Å²) in [6.07, 6.45) is 2.56. The van der Waals surface area contributed by atoms with Gasteiger partial charge < -0.3 is 20.4 Å². The van der Waals surface area contributed by atoms with Gasteiger partial charge in [-0.15, -0.1) is 0 Å². The molecule has 28 heavy (non-hydrogen) atoms. The molecule has 0 saturated carbocycles. The van der Waals surface area contributed by atoms with Crippen molar-refractivity contribution < 1.29 is 9.59 Å². The van der Waals surface area contributed by atoms with Gasteiger partial charge in [-0.1, -0.05) is 36.4 Å². The second-order valence-electron chi connectivity index (χ2n) is 6.82. The molecule has 2 N–H and O–H groups in total. The first-order valence-electron chi connectivity index (χ1n) is 9.63. The van der Waals surface area contributed by atoms with Crippen LogP contribution in [0.5, 0.6) is 0 Å². The smallest absolute Gasteiger partial charge is 0.315 e. The van der Waals surface area contributed by atoms with Crippen LogP contribution in [0, 0.1) is 0 Å². The third-order valence-corrected chi connectivity index (χ3v) is 4.87. The van der Waals surface area contributed by atoms with E-state index >= 15 is 0 Å². The molecule has 0 bridgehead atoms. The van der Waals surface area contributed by atoms with Crippen molar-refractivity contribution in [3.63, 3.8) is 0 Å². The fourth-order valence-electron chi connectivity index (χ4n) is 3.29. The second kappa shape index (κ2) is 9.73. The molecule has 0 atom stereocenters. The lowest BCUT2D eigenvalue weighted by molar-refractivity contribution is -0.129. The molecule has 0 aliphatic carbocycles. The van der Waals surface area contributed by atoms with E-state index in [0.717, 1.165) is 30.9 Å². The van der Waals surface area contributed by atoms with Crippen LogP contribution in [-0.4, -0.2) is 54.5 Å². The molecule has 7 heteroatoms. The highest BCUT2D eigenvalue weighted by Gasteiger charge is 2.21. The van der Waals surface area contributed by atoms with Crippen LogP contribution in [0.3, 0.4) is 0 Å². The summed E-state index contributed by atoms with van der Waals surface area (Å²) in [5, 5.41) is 5.80. The maximum Gasteiger partial charge on any atom is 0.315 e. The summed E-state index contributed by atoms with van der Waals surface area (Å²) in [5.74, 6) is 0.977. The first kappa shape index (κ1) is 19.7. The number of rotatable bonds is 6. The highest BCUT2D eigenvalue weighted by atomic mass is 16.2. The van der Waals surface area contributed by atoms with Crippen molar-refractivity contribution >= 4 is 17.8 Å². The second-order valence-corrected chi connectivity index (χ2v) is 6.82. The van der Waals surface area contributed by atoms with E-state index in [1.54, 1.807) is 13.1 Å². The molecule has 0 unspecified atom stereocenters. The van der Waals surface area contributed by atoms with Gasteiger partial charge in [-0.25, -0.2) is 9.78 Å². The van der Waals surface area contributed by atoms with Crippen LogP contribution in [-0.2, 0) is 17.8 Å². The zero-order valence-corrected chi connectivity index (χ0v) is 16.2.